The average Bonchev–Trinajstić information content (AvgIpc) is 4.30. The summed E-state index contributed by atoms with van der Waals surface area (Å²) in [5.74, 6) is 2.21. The number of aryl methyl sites for hydroxylation is 4. The molecule has 7 aromatic carbocycles. The zero-order chi connectivity index (χ0) is 62.8. The van der Waals surface area contributed by atoms with Crippen molar-refractivity contribution in [3.63, 3.8) is 0 Å². The fraction of sp³-hybridized carbons (Fsp3) is 0.417. The molecule has 0 aromatic heterocycles. The van der Waals surface area contributed by atoms with Crippen LogP contribution in [0.5, 0.6) is 5.75 Å². The maximum absolute atomic E-state index is 12.6. The number of anilines is 2. The Morgan fingerprint density at radius 3 is 1.31 bits per heavy atom. The lowest BCUT2D eigenvalue weighted by Crippen LogP contribution is -2.15. The van der Waals surface area contributed by atoms with Gasteiger partial charge in [0.15, 0.2) is 0 Å². The highest BCUT2D eigenvalue weighted by molar-refractivity contribution is 6.31. The molecule has 2 aliphatic rings. The molecule has 0 bridgehead atoms. The second kappa shape index (κ2) is 52.1. The minimum absolute atomic E-state index is 0.0972. The molecule has 460 valence electrons. The van der Waals surface area contributed by atoms with Crippen LogP contribution in [0.3, 0.4) is 0 Å². The van der Waals surface area contributed by atoms with Crippen LogP contribution in [0.2, 0.25) is 15.1 Å². The van der Waals surface area contributed by atoms with Crippen LogP contribution >= 0.6 is 34.8 Å². The first-order valence-electron chi connectivity index (χ1n) is 29.3. The van der Waals surface area contributed by atoms with E-state index in [9.17, 15) is 13.2 Å². The standard InChI is InChI=1S/C8H9ClFN.C8H9Cl.C8H9F.C8H16.C8H10.C7H7ClFN.C7H8O.C7H8.C4H11N.C4H8.C3H9N/c1-11(2)6-3-4-8(10)7(9)5-6;2*1-2-7-5-3-4-6-8(7)9;2*1-2-8-6-4-3-5-7-8;1-10-5-2-3-6(8)7(9)4-5;1-8-7-5-3-2-4-6-7;1-7-5-3-2-4-6-7;1-4(2)5-3;1-4-2-3-4;1-4(2)3/h3-5H,1-2H3;2*3-6H,2H2,1H3;8H,2-7H2,1H3;3-7H,2H2,1H3;2-4,10H,1H3;2-6H,1H3;2-6H,1H3;4-5H,1-3H3;4H,2-3H2,1H3;1-3H3. The highest BCUT2D eigenvalue weighted by Crippen LogP contribution is 2.27. The van der Waals surface area contributed by atoms with E-state index in [0.717, 1.165) is 58.8 Å². The maximum Gasteiger partial charge on any atom is 0.143 e. The summed E-state index contributed by atoms with van der Waals surface area (Å²) >= 11 is 16.8. The number of halogens is 6. The van der Waals surface area contributed by atoms with Crippen LogP contribution in [0, 0.1) is 36.2 Å². The van der Waals surface area contributed by atoms with Gasteiger partial charge >= 0.3 is 0 Å². The summed E-state index contributed by atoms with van der Waals surface area (Å²) in [5.41, 5.74) is 6.37. The van der Waals surface area contributed by atoms with E-state index < -0.39 is 5.82 Å². The second-order valence-electron chi connectivity index (χ2n) is 20.7. The van der Waals surface area contributed by atoms with E-state index >= 15 is 0 Å². The smallest absolute Gasteiger partial charge is 0.143 e. The summed E-state index contributed by atoms with van der Waals surface area (Å²) < 4.78 is 42.7. The topological polar surface area (TPSA) is 39.8 Å². The molecule has 0 heterocycles. The number of hydrogen-bond donors (Lipinski definition) is 2. The van der Waals surface area contributed by atoms with Crippen LogP contribution in [-0.4, -0.2) is 67.4 Å². The summed E-state index contributed by atoms with van der Waals surface area (Å²) in [6.45, 7) is 17.1. The molecule has 2 fully saturated rings. The van der Waals surface area contributed by atoms with Gasteiger partial charge < -0.3 is 25.2 Å². The fourth-order valence-corrected chi connectivity index (χ4v) is 7.11. The van der Waals surface area contributed by atoms with Crippen molar-refractivity contribution in [1.29, 1.82) is 0 Å². The van der Waals surface area contributed by atoms with E-state index in [1.54, 1.807) is 44.5 Å². The van der Waals surface area contributed by atoms with Crippen molar-refractivity contribution in [2.45, 2.75) is 132 Å². The highest BCUT2D eigenvalue weighted by Gasteiger charge is 2.12. The van der Waals surface area contributed by atoms with E-state index in [4.69, 9.17) is 39.5 Å². The number of nitrogens with zero attached hydrogens (tertiary/aromatic N) is 2. The van der Waals surface area contributed by atoms with Gasteiger partial charge in [-0.1, -0.05) is 255 Å². The summed E-state index contributed by atoms with van der Waals surface area (Å²) in [5, 5.41) is 7.01. The molecule has 0 spiro atoms. The van der Waals surface area contributed by atoms with Crippen molar-refractivity contribution in [1.82, 2.24) is 10.2 Å². The van der Waals surface area contributed by atoms with Gasteiger partial charge in [0.2, 0.25) is 0 Å². The van der Waals surface area contributed by atoms with E-state index in [1.165, 1.54) is 92.3 Å². The van der Waals surface area contributed by atoms with Crippen molar-refractivity contribution in [3.8, 4) is 5.75 Å². The highest BCUT2D eigenvalue weighted by atomic mass is 35.5. The monoisotopic (exact) mass is 1200 g/mol. The van der Waals surface area contributed by atoms with Crippen LogP contribution in [0.15, 0.2) is 176 Å². The van der Waals surface area contributed by atoms with Crippen molar-refractivity contribution >= 4 is 46.2 Å². The van der Waals surface area contributed by atoms with Gasteiger partial charge in [-0.2, -0.15) is 0 Å². The Labute approximate surface area is 518 Å². The van der Waals surface area contributed by atoms with E-state index in [2.05, 4.69) is 95.5 Å². The van der Waals surface area contributed by atoms with E-state index in [0.29, 0.717) is 6.04 Å². The number of rotatable bonds is 8. The molecule has 2 N–H and O–H groups in total. The number of ether oxygens (including phenoxy) is 1. The van der Waals surface area contributed by atoms with Crippen molar-refractivity contribution in [2.24, 2.45) is 11.8 Å². The van der Waals surface area contributed by atoms with Gasteiger partial charge in [0.05, 0.1) is 17.2 Å². The zero-order valence-corrected chi connectivity index (χ0v) is 55.6. The molecule has 7 aromatic rings. The van der Waals surface area contributed by atoms with Gasteiger partial charge in [0.1, 0.15) is 23.2 Å². The van der Waals surface area contributed by atoms with Crippen molar-refractivity contribution in [3.05, 3.63) is 231 Å². The third-order valence-corrected chi connectivity index (χ3v) is 13.2. The summed E-state index contributed by atoms with van der Waals surface area (Å²) in [6.07, 6.45) is 14.8. The molecule has 0 saturated heterocycles. The van der Waals surface area contributed by atoms with Crippen LogP contribution in [0.25, 0.3) is 0 Å². The zero-order valence-electron chi connectivity index (χ0n) is 53.3. The van der Waals surface area contributed by atoms with Crippen LogP contribution in [0.1, 0.15) is 122 Å². The third kappa shape index (κ3) is 46.6. The van der Waals surface area contributed by atoms with Crippen LogP contribution in [0.4, 0.5) is 24.5 Å². The van der Waals surface area contributed by atoms with Gasteiger partial charge in [-0.05, 0) is 144 Å². The Hall–Kier alpha value is -5.48. The Morgan fingerprint density at radius 2 is 1.00 bits per heavy atom. The van der Waals surface area contributed by atoms with E-state index in [1.807, 2.05) is 144 Å². The number of benzene rings is 7. The van der Waals surface area contributed by atoms with Gasteiger partial charge in [0, 0.05) is 43.6 Å². The maximum atomic E-state index is 12.6. The molecule has 2 saturated carbocycles. The molecule has 5 nitrogen and oxygen atoms in total. The normalized spacial score (nSPS) is 11.5. The summed E-state index contributed by atoms with van der Waals surface area (Å²) in [7, 11) is 15.1. The predicted molar refractivity (Wildman–Crippen MR) is 362 cm³/mol. The third-order valence-electron chi connectivity index (χ3n) is 12.2. The van der Waals surface area contributed by atoms with Crippen molar-refractivity contribution < 1.29 is 17.9 Å². The van der Waals surface area contributed by atoms with Crippen molar-refractivity contribution in [2.75, 3.05) is 66.7 Å². The summed E-state index contributed by atoms with van der Waals surface area (Å²) in [6, 6.07) is 55.0. The predicted octanol–water partition coefficient (Wildman–Crippen LogP) is 21.5. The quantitative estimate of drug-likeness (QED) is 0.159. The molecule has 0 unspecified atom stereocenters. The number of nitrogens with one attached hydrogen (secondary N) is 2. The molecule has 83 heavy (non-hydrogen) atoms. The molecule has 0 radical (unpaired) electrons. The molecular formula is C72H104Cl3F3N4O. The fourth-order valence-electron chi connectivity index (χ4n) is 6.55. The van der Waals surface area contributed by atoms with Crippen LogP contribution in [-0.2, 0) is 19.3 Å². The number of methoxy groups -OCH3 is 1. The molecule has 0 amide bonds. The van der Waals surface area contributed by atoms with Gasteiger partial charge in [0.25, 0.3) is 0 Å². The van der Waals surface area contributed by atoms with Gasteiger partial charge in [-0.25, -0.2) is 13.2 Å². The SMILES string of the molecule is CC1CC1.CCC1CCCCC1.CCc1ccccc1.CCc1ccccc1Cl.CCc1ccccc1F.CN(C)C.CN(C)c1ccc(F)c(Cl)c1.CNC(C)C.CNc1ccc(Cl)c(F)c1.COc1ccccc1.Cc1ccccc1. The lowest BCUT2D eigenvalue weighted by molar-refractivity contribution is 0.349. The summed E-state index contributed by atoms with van der Waals surface area (Å²) in [4.78, 5) is 3.87. The van der Waals surface area contributed by atoms with Crippen LogP contribution < -0.4 is 20.3 Å². The Balaban J connectivity index is 0. The van der Waals surface area contributed by atoms with Gasteiger partial charge in [-0.3, -0.25) is 0 Å². The molecule has 2 aliphatic carbocycles. The Morgan fingerprint density at radius 1 is 0.530 bits per heavy atom. The number of hydrogen-bond acceptors (Lipinski definition) is 5. The second-order valence-corrected chi connectivity index (χ2v) is 21.9. The van der Waals surface area contributed by atoms with E-state index in [-0.39, 0.29) is 21.7 Å². The molecule has 9 rings (SSSR count). The first kappa shape index (κ1) is 79.6. The minimum Gasteiger partial charge on any atom is -0.497 e. The molecule has 11 heteroatoms. The molecular weight excluding hydrogens is 1100 g/mol. The Bertz CT molecular complexity index is 2480. The first-order chi connectivity index (χ1) is 39.6. The Kier molecular flexibility index (Phi) is 50.0. The largest absolute Gasteiger partial charge is 0.497 e. The minimum atomic E-state index is -0.395. The van der Waals surface area contributed by atoms with Gasteiger partial charge in [-0.15, -0.1) is 0 Å². The number of para-hydroxylation sites is 1. The lowest BCUT2D eigenvalue weighted by atomic mass is 9.88. The molecule has 0 aliphatic heterocycles. The molecule has 0 atom stereocenters. The lowest BCUT2D eigenvalue weighted by Gasteiger charge is -2.18. The average molecular weight is 1210 g/mol. The first-order valence-corrected chi connectivity index (χ1v) is 30.4.